The average Bonchev–Trinajstić information content (AvgIpc) is 2.98. The summed E-state index contributed by atoms with van der Waals surface area (Å²) in [5.41, 5.74) is 2.98. The third-order valence-electron chi connectivity index (χ3n) is 2.70. The number of rotatable bonds is 2. The topological polar surface area (TPSA) is 65.5 Å². The van der Waals surface area contributed by atoms with Gasteiger partial charge in [-0.05, 0) is 18.2 Å². The highest BCUT2D eigenvalue weighted by Crippen LogP contribution is 2.20. The van der Waals surface area contributed by atoms with E-state index in [1.54, 1.807) is 23.7 Å². The predicted octanol–water partition coefficient (Wildman–Crippen LogP) is 1.77. The van der Waals surface area contributed by atoms with Gasteiger partial charge >= 0.3 is 11.9 Å². The minimum absolute atomic E-state index is 0.310. The van der Waals surface area contributed by atoms with Gasteiger partial charge in [0, 0.05) is 6.42 Å². The Balaban J connectivity index is 1.80. The maximum absolute atomic E-state index is 11.9. The van der Waals surface area contributed by atoms with E-state index in [0.29, 0.717) is 18.6 Å². The number of benzene rings is 1. The number of aromatic nitrogens is 1. The van der Waals surface area contributed by atoms with Crippen molar-refractivity contribution in [3.8, 4) is 0 Å². The van der Waals surface area contributed by atoms with Gasteiger partial charge in [0.15, 0.2) is 0 Å². The molecule has 5 nitrogen and oxygen atoms in total. The molecule has 0 amide bonds. The van der Waals surface area contributed by atoms with E-state index < -0.39 is 18.0 Å². The molecule has 2 aromatic rings. The second-order valence-corrected chi connectivity index (χ2v) is 4.77. The van der Waals surface area contributed by atoms with E-state index in [0.717, 1.165) is 10.2 Å². The molecule has 0 radical (unpaired) electrons. The fourth-order valence-electron chi connectivity index (χ4n) is 1.76. The summed E-state index contributed by atoms with van der Waals surface area (Å²) >= 11 is 1.45. The summed E-state index contributed by atoms with van der Waals surface area (Å²) in [7, 11) is 0. The van der Waals surface area contributed by atoms with E-state index in [1.807, 2.05) is 0 Å². The summed E-state index contributed by atoms with van der Waals surface area (Å²) in [6, 6.07) is 5.12. The first-order chi connectivity index (χ1) is 8.74. The summed E-state index contributed by atoms with van der Waals surface area (Å²) < 4.78 is 10.8. The standard InChI is InChI=1S/C12H9NO4S/c14-11(17-9-3-4-16-12(9)15)7-1-2-8-10(5-7)18-6-13-8/h1-2,5-6,9H,3-4H2/t9-/m1/s1. The molecule has 1 aliphatic rings. The van der Waals surface area contributed by atoms with Crippen LogP contribution in [0.4, 0.5) is 0 Å². The van der Waals surface area contributed by atoms with Crippen molar-refractivity contribution in [3.63, 3.8) is 0 Å². The first-order valence-electron chi connectivity index (χ1n) is 5.45. The molecule has 1 aromatic heterocycles. The van der Waals surface area contributed by atoms with Crippen molar-refractivity contribution in [1.29, 1.82) is 0 Å². The molecule has 0 N–H and O–H groups in total. The van der Waals surface area contributed by atoms with Crippen LogP contribution in [-0.4, -0.2) is 29.6 Å². The minimum atomic E-state index is -0.769. The van der Waals surface area contributed by atoms with Gasteiger partial charge in [-0.25, -0.2) is 14.6 Å². The average molecular weight is 263 g/mol. The Morgan fingerprint density at radius 3 is 3.17 bits per heavy atom. The van der Waals surface area contributed by atoms with Crippen LogP contribution in [0.25, 0.3) is 10.2 Å². The normalized spacial score (nSPS) is 18.9. The zero-order valence-electron chi connectivity index (χ0n) is 9.29. The van der Waals surface area contributed by atoms with E-state index in [1.165, 1.54) is 11.3 Å². The van der Waals surface area contributed by atoms with Crippen molar-refractivity contribution in [2.45, 2.75) is 12.5 Å². The molecule has 3 rings (SSSR count). The van der Waals surface area contributed by atoms with E-state index in [4.69, 9.17) is 9.47 Å². The Labute approximate surface area is 106 Å². The van der Waals surface area contributed by atoms with Crippen LogP contribution in [0.5, 0.6) is 0 Å². The summed E-state index contributed by atoms with van der Waals surface area (Å²) in [6.45, 7) is 0.310. The zero-order valence-corrected chi connectivity index (χ0v) is 10.1. The molecular weight excluding hydrogens is 254 g/mol. The predicted molar refractivity (Wildman–Crippen MR) is 64.4 cm³/mol. The molecule has 6 heteroatoms. The maximum atomic E-state index is 11.9. The number of hydrogen-bond donors (Lipinski definition) is 0. The minimum Gasteiger partial charge on any atom is -0.463 e. The Morgan fingerprint density at radius 2 is 2.39 bits per heavy atom. The molecule has 2 heterocycles. The number of ether oxygens (including phenoxy) is 2. The van der Waals surface area contributed by atoms with Gasteiger partial charge in [0.05, 0.1) is 27.9 Å². The van der Waals surface area contributed by atoms with Crippen LogP contribution in [0.1, 0.15) is 16.8 Å². The molecule has 1 fully saturated rings. The molecular formula is C12H9NO4S. The van der Waals surface area contributed by atoms with Crippen molar-refractivity contribution < 1.29 is 19.1 Å². The second kappa shape index (κ2) is 4.38. The van der Waals surface area contributed by atoms with Crippen molar-refractivity contribution in [1.82, 2.24) is 4.98 Å². The van der Waals surface area contributed by atoms with Crippen LogP contribution in [0.3, 0.4) is 0 Å². The largest absolute Gasteiger partial charge is 0.463 e. The Bertz CT molecular complexity index is 621. The zero-order chi connectivity index (χ0) is 12.5. The SMILES string of the molecule is O=C(O[C@@H]1CCOC1=O)c1ccc2ncsc2c1. The molecule has 1 aromatic carbocycles. The number of hydrogen-bond acceptors (Lipinski definition) is 6. The first kappa shape index (κ1) is 11.2. The van der Waals surface area contributed by atoms with E-state index in [9.17, 15) is 9.59 Å². The number of esters is 2. The van der Waals surface area contributed by atoms with Crippen LogP contribution in [0, 0.1) is 0 Å². The molecule has 92 valence electrons. The van der Waals surface area contributed by atoms with Gasteiger partial charge in [0.1, 0.15) is 0 Å². The van der Waals surface area contributed by atoms with Gasteiger partial charge in [-0.15, -0.1) is 11.3 Å². The molecule has 0 unspecified atom stereocenters. The lowest BCUT2D eigenvalue weighted by Gasteiger charge is -2.07. The van der Waals surface area contributed by atoms with E-state index >= 15 is 0 Å². The molecule has 1 atom stereocenters. The fourth-order valence-corrected chi connectivity index (χ4v) is 2.48. The van der Waals surface area contributed by atoms with Gasteiger partial charge in [-0.2, -0.15) is 0 Å². The molecule has 1 aliphatic heterocycles. The smallest absolute Gasteiger partial charge is 0.347 e. The number of fused-ring (bicyclic) bond motifs is 1. The Hall–Kier alpha value is -1.95. The summed E-state index contributed by atoms with van der Waals surface area (Å²) in [6.07, 6.45) is -0.345. The summed E-state index contributed by atoms with van der Waals surface area (Å²) in [5, 5.41) is 0. The molecule has 0 saturated carbocycles. The van der Waals surface area contributed by atoms with Crippen molar-refractivity contribution in [2.75, 3.05) is 6.61 Å². The third kappa shape index (κ3) is 1.95. The van der Waals surface area contributed by atoms with Crippen LogP contribution < -0.4 is 0 Å². The molecule has 0 aliphatic carbocycles. The van der Waals surface area contributed by atoms with Crippen molar-refractivity contribution in [2.24, 2.45) is 0 Å². The summed E-state index contributed by atoms with van der Waals surface area (Å²) in [4.78, 5) is 27.2. The Morgan fingerprint density at radius 1 is 1.50 bits per heavy atom. The van der Waals surface area contributed by atoms with Crippen molar-refractivity contribution in [3.05, 3.63) is 29.3 Å². The highest BCUT2D eigenvalue weighted by atomic mass is 32.1. The lowest BCUT2D eigenvalue weighted by atomic mass is 10.2. The van der Waals surface area contributed by atoms with Gasteiger partial charge < -0.3 is 9.47 Å². The number of nitrogens with zero attached hydrogens (tertiary/aromatic N) is 1. The number of cyclic esters (lactones) is 1. The van der Waals surface area contributed by atoms with Gasteiger partial charge in [-0.1, -0.05) is 0 Å². The van der Waals surface area contributed by atoms with Crippen molar-refractivity contribution >= 4 is 33.5 Å². The molecule has 18 heavy (non-hydrogen) atoms. The van der Waals surface area contributed by atoms with Gasteiger partial charge in [0.2, 0.25) is 6.10 Å². The van der Waals surface area contributed by atoms with Gasteiger partial charge in [0.25, 0.3) is 0 Å². The van der Waals surface area contributed by atoms with Crippen LogP contribution in [-0.2, 0) is 14.3 Å². The van der Waals surface area contributed by atoms with Crippen LogP contribution >= 0.6 is 11.3 Å². The molecule has 1 saturated heterocycles. The first-order valence-corrected chi connectivity index (χ1v) is 6.33. The second-order valence-electron chi connectivity index (χ2n) is 3.88. The lowest BCUT2D eigenvalue weighted by Crippen LogP contribution is -2.22. The third-order valence-corrected chi connectivity index (χ3v) is 3.50. The Kier molecular flexibility index (Phi) is 2.71. The molecule has 0 bridgehead atoms. The van der Waals surface area contributed by atoms with E-state index in [-0.39, 0.29) is 0 Å². The highest BCUT2D eigenvalue weighted by molar-refractivity contribution is 7.16. The van der Waals surface area contributed by atoms with Gasteiger partial charge in [-0.3, -0.25) is 0 Å². The maximum Gasteiger partial charge on any atom is 0.347 e. The lowest BCUT2D eigenvalue weighted by molar-refractivity contribution is -0.145. The monoisotopic (exact) mass is 263 g/mol. The number of carbonyl (C=O) groups is 2. The summed E-state index contributed by atoms with van der Waals surface area (Å²) in [5.74, 6) is -0.976. The molecule has 0 spiro atoms. The number of thiazole rings is 1. The van der Waals surface area contributed by atoms with Crippen LogP contribution in [0.2, 0.25) is 0 Å². The number of carbonyl (C=O) groups excluding carboxylic acids is 2. The fraction of sp³-hybridized carbons (Fsp3) is 0.250. The highest BCUT2D eigenvalue weighted by Gasteiger charge is 2.30. The van der Waals surface area contributed by atoms with E-state index in [2.05, 4.69) is 4.98 Å². The quantitative estimate of drug-likeness (QED) is 0.772. The van der Waals surface area contributed by atoms with Crippen LogP contribution in [0.15, 0.2) is 23.7 Å².